The molecule has 0 bridgehead atoms. The Balaban J connectivity index is 2.45. The van der Waals surface area contributed by atoms with Crippen LogP contribution in [0.3, 0.4) is 0 Å². The van der Waals surface area contributed by atoms with Crippen LogP contribution in [0, 0.1) is 20.8 Å². The summed E-state index contributed by atoms with van der Waals surface area (Å²) in [7, 11) is 1.47. The lowest BCUT2D eigenvalue weighted by Gasteiger charge is -2.14. The lowest BCUT2D eigenvalue weighted by molar-refractivity contribution is 0.408. The van der Waals surface area contributed by atoms with E-state index in [-0.39, 0.29) is 28.1 Å². The standard InChI is InChI=1S/C19H18O5/c1-9-10(2)18(22)17-13(21)8-15(24-19(17)11(9)3)16-12(20)6-5-7-14(16)23-4/h5-8,20,22H,1-4H3. The van der Waals surface area contributed by atoms with Gasteiger partial charge in [-0.05, 0) is 49.6 Å². The van der Waals surface area contributed by atoms with Crippen LogP contribution in [-0.2, 0) is 0 Å². The zero-order valence-electron chi connectivity index (χ0n) is 13.9. The van der Waals surface area contributed by atoms with Gasteiger partial charge >= 0.3 is 0 Å². The Morgan fingerprint density at radius 3 is 2.42 bits per heavy atom. The smallest absolute Gasteiger partial charge is 0.197 e. The summed E-state index contributed by atoms with van der Waals surface area (Å²) in [5.41, 5.74) is 2.51. The van der Waals surface area contributed by atoms with Gasteiger partial charge in [-0.1, -0.05) is 6.07 Å². The van der Waals surface area contributed by atoms with Crippen LogP contribution in [0.25, 0.3) is 22.3 Å². The average Bonchev–Trinajstić information content (AvgIpc) is 2.57. The van der Waals surface area contributed by atoms with Gasteiger partial charge in [-0.25, -0.2) is 0 Å². The fourth-order valence-corrected chi connectivity index (χ4v) is 2.86. The molecule has 1 heterocycles. The minimum Gasteiger partial charge on any atom is -0.507 e. The largest absolute Gasteiger partial charge is 0.507 e. The molecule has 5 heteroatoms. The van der Waals surface area contributed by atoms with Crippen LogP contribution in [-0.4, -0.2) is 17.3 Å². The Kier molecular flexibility index (Phi) is 3.72. The van der Waals surface area contributed by atoms with Crippen LogP contribution in [0.4, 0.5) is 0 Å². The van der Waals surface area contributed by atoms with Gasteiger partial charge in [0.15, 0.2) is 5.43 Å². The molecule has 3 rings (SSSR count). The van der Waals surface area contributed by atoms with Crippen LogP contribution in [0.2, 0.25) is 0 Å². The van der Waals surface area contributed by atoms with Gasteiger partial charge in [-0.3, -0.25) is 4.79 Å². The maximum absolute atomic E-state index is 12.6. The van der Waals surface area contributed by atoms with E-state index in [4.69, 9.17) is 9.15 Å². The molecule has 2 aromatic carbocycles. The first kappa shape index (κ1) is 15.9. The van der Waals surface area contributed by atoms with Crippen molar-refractivity contribution in [3.63, 3.8) is 0 Å². The zero-order chi connectivity index (χ0) is 17.6. The third kappa shape index (κ3) is 2.21. The Morgan fingerprint density at radius 1 is 1.04 bits per heavy atom. The molecule has 124 valence electrons. The van der Waals surface area contributed by atoms with Crippen molar-refractivity contribution >= 4 is 11.0 Å². The molecule has 2 N–H and O–H groups in total. The SMILES string of the molecule is COc1cccc(O)c1-c1cc(=O)c2c(O)c(C)c(C)c(C)c2o1. The minimum atomic E-state index is -0.375. The number of ether oxygens (including phenoxy) is 1. The summed E-state index contributed by atoms with van der Waals surface area (Å²) in [6, 6.07) is 6.06. The third-order valence-corrected chi connectivity index (χ3v) is 4.48. The summed E-state index contributed by atoms with van der Waals surface area (Å²) in [6.45, 7) is 5.45. The second kappa shape index (κ2) is 5.60. The van der Waals surface area contributed by atoms with E-state index in [2.05, 4.69) is 0 Å². The van der Waals surface area contributed by atoms with E-state index in [1.807, 2.05) is 13.8 Å². The number of methoxy groups -OCH3 is 1. The molecule has 0 amide bonds. The van der Waals surface area contributed by atoms with Crippen LogP contribution in [0.15, 0.2) is 33.5 Å². The van der Waals surface area contributed by atoms with Gasteiger partial charge in [-0.15, -0.1) is 0 Å². The number of hydrogen-bond acceptors (Lipinski definition) is 5. The predicted molar refractivity (Wildman–Crippen MR) is 92.0 cm³/mol. The molecule has 0 atom stereocenters. The molecule has 0 radical (unpaired) electrons. The number of rotatable bonds is 2. The Hall–Kier alpha value is -2.95. The fraction of sp³-hybridized carbons (Fsp3) is 0.211. The quantitative estimate of drug-likeness (QED) is 0.748. The number of phenols is 2. The molecule has 0 unspecified atom stereocenters. The monoisotopic (exact) mass is 326 g/mol. The Labute approximate surface area is 138 Å². The number of hydrogen-bond donors (Lipinski definition) is 2. The highest BCUT2D eigenvalue weighted by Crippen LogP contribution is 2.40. The first-order valence-corrected chi connectivity index (χ1v) is 7.49. The maximum Gasteiger partial charge on any atom is 0.197 e. The average molecular weight is 326 g/mol. The first-order chi connectivity index (χ1) is 11.4. The molecule has 5 nitrogen and oxygen atoms in total. The number of aromatic hydroxyl groups is 2. The highest BCUT2D eigenvalue weighted by atomic mass is 16.5. The summed E-state index contributed by atoms with van der Waals surface area (Å²) in [5, 5.41) is 20.6. The maximum atomic E-state index is 12.6. The van der Waals surface area contributed by atoms with E-state index in [0.717, 1.165) is 11.1 Å². The number of phenolic OH excluding ortho intramolecular Hbond substituents is 2. The first-order valence-electron chi connectivity index (χ1n) is 7.49. The van der Waals surface area contributed by atoms with Crippen LogP contribution in [0.5, 0.6) is 17.2 Å². The Morgan fingerprint density at radius 2 is 1.75 bits per heavy atom. The van der Waals surface area contributed by atoms with Crippen molar-refractivity contribution in [3.8, 4) is 28.6 Å². The molecule has 0 saturated heterocycles. The van der Waals surface area contributed by atoms with Crippen molar-refractivity contribution in [1.82, 2.24) is 0 Å². The van der Waals surface area contributed by atoms with Crippen molar-refractivity contribution in [2.24, 2.45) is 0 Å². The molecule has 0 fully saturated rings. The van der Waals surface area contributed by atoms with Crippen LogP contribution < -0.4 is 10.2 Å². The summed E-state index contributed by atoms with van der Waals surface area (Å²) < 4.78 is 11.2. The van der Waals surface area contributed by atoms with E-state index in [1.54, 1.807) is 19.1 Å². The van der Waals surface area contributed by atoms with Crippen LogP contribution >= 0.6 is 0 Å². The van der Waals surface area contributed by atoms with E-state index in [0.29, 0.717) is 22.5 Å². The lowest BCUT2D eigenvalue weighted by Crippen LogP contribution is -2.04. The molecule has 24 heavy (non-hydrogen) atoms. The highest BCUT2D eigenvalue weighted by Gasteiger charge is 2.20. The number of benzene rings is 2. The van der Waals surface area contributed by atoms with Gasteiger partial charge in [-0.2, -0.15) is 0 Å². The van der Waals surface area contributed by atoms with Gasteiger partial charge in [0.2, 0.25) is 0 Å². The molecule has 0 spiro atoms. The second-order valence-electron chi connectivity index (χ2n) is 5.76. The molecule has 0 saturated carbocycles. The molecule has 3 aromatic rings. The number of aryl methyl sites for hydroxylation is 1. The third-order valence-electron chi connectivity index (χ3n) is 4.48. The summed E-state index contributed by atoms with van der Waals surface area (Å²) in [4.78, 5) is 12.6. The van der Waals surface area contributed by atoms with Gasteiger partial charge in [0.1, 0.15) is 39.5 Å². The topological polar surface area (TPSA) is 79.9 Å². The van der Waals surface area contributed by atoms with E-state index in [9.17, 15) is 15.0 Å². The molecular weight excluding hydrogens is 308 g/mol. The molecule has 0 aliphatic rings. The zero-order valence-corrected chi connectivity index (χ0v) is 13.9. The normalized spacial score (nSPS) is 11.0. The highest BCUT2D eigenvalue weighted by molar-refractivity contribution is 5.90. The summed E-state index contributed by atoms with van der Waals surface area (Å²) in [6.07, 6.45) is 0. The predicted octanol–water partition coefficient (Wildman–Crippen LogP) is 3.81. The van der Waals surface area contributed by atoms with Crippen LogP contribution in [0.1, 0.15) is 16.7 Å². The minimum absolute atomic E-state index is 0.0532. The summed E-state index contributed by atoms with van der Waals surface area (Å²) in [5.74, 6) is 0.455. The number of fused-ring (bicyclic) bond motifs is 1. The summed E-state index contributed by atoms with van der Waals surface area (Å²) >= 11 is 0. The molecule has 0 aliphatic carbocycles. The van der Waals surface area contributed by atoms with Crippen molar-refractivity contribution < 1.29 is 19.4 Å². The molecular formula is C19H18O5. The fourth-order valence-electron chi connectivity index (χ4n) is 2.86. The Bertz CT molecular complexity index is 1010. The lowest BCUT2D eigenvalue weighted by atomic mass is 9.98. The molecule has 1 aromatic heterocycles. The van der Waals surface area contributed by atoms with Crippen molar-refractivity contribution in [2.45, 2.75) is 20.8 Å². The van der Waals surface area contributed by atoms with Crippen molar-refractivity contribution in [2.75, 3.05) is 7.11 Å². The second-order valence-corrected chi connectivity index (χ2v) is 5.76. The van der Waals surface area contributed by atoms with Gasteiger partial charge in [0, 0.05) is 6.07 Å². The van der Waals surface area contributed by atoms with Crippen molar-refractivity contribution in [3.05, 3.63) is 51.2 Å². The van der Waals surface area contributed by atoms with Crippen molar-refractivity contribution in [1.29, 1.82) is 0 Å². The van der Waals surface area contributed by atoms with E-state index < -0.39 is 0 Å². The van der Waals surface area contributed by atoms with E-state index >= 15 is 0 Å². The van der Waals surface area contributed by atoms with E-state index in [1.165, 1.54) is 19.2 Å². The van der Waals surface area contributed by atoms with Gasteiger partial charge in [0.05, 0.1) is 7.11 Å². The molecule has 0 aliphatic heterocycles. The van der Waals surface area contributed by atoms with Gasteiger partial charge < -0.3 is 19.4 Å². The van der Waals surface area contributed by atoms with Gasteiger partial charge in [0.25, 0.3) is 0 Å².